The largest absolute Gasteiger partial charge is 0.463 e. The molecule has 0 N–H and O–H groups in total. The van der Waals surface area contributed by atoms with Gasteiger partial charge in [0.05, 0.1) is 28.5 Å². The number of thiazole rings is 1. The minimum atomic E-state index is -0.702. The fourth-order valence-corrected chi connectivity index (χ4v) is 7.18. The van der Waals surface area contributed by atoms with Crippen LogP contribution in [0.15, 0.2) is 100 Å². The van der Waals surface area contributed by atoms with Gasteiger partial charge in [0.25, 0.3) is 5.56 Å². The third-order valence-electron chi connectivity index (χ3n) is 8.67. The second-order valence-corrected chi connectivity index (χ2v) is 13.3. The molecule has 0 saturated carbocycles. The number of nitrogens with zero attached hydrogens (tertiary/aromatic N) is 4. The Balaban J connectivity index is 1.56. The third kappa shape index (κ3) is 6.01. The van der Waals surface area contributed by atoms with Gasteiger partial charge in [-0.1, -0.05) is 79.8 Å². The normalized spacial score (nSPS) is 14.7. The van der Waals surface area contributed by atoms with Crippen LogP contribution in [-0.4, -0.2) is 35.8 Å². The van der Waals surface area contributed by atoms with Gasteiger partial charge < -0.3 is 14.2 Å². The van der Waals surface area contributed by atoms with Crippen molar-refractivity contribution in [1.29, 1.82) is 0 Å². The van der Waals surface area contributed by atoms with Crippen LogP contribution in [-0.2, 0) is 9.53 Å². The number of benzene rings is 3. The van der Waals surface area contributed by atoms with Crippen LogP contribution in [0, 0.1) is 13.8 Å². The number of aryl methyl sites for hydroxylation is 1. The third-order valence-corrected chi connectivity index (χ3v) is 9.66. The molecule has 0 aliphatic carbocycles. The molecule has 240 valence electrons. The molecule has 2 aromatic heterocycles. The number of esters is 1. The molecule has 0 fully saturated rings. The molecule has 7 nitrogen and oxygen atoms in total. The van der Waals surface area contributed by atoms with Crippen LogP contribution >= 0.6 is 11.3 Å². The lowest BCUT2D eigenvalue weighted by atomic mass is 9.91. The summed E-state index contributed by atoms with van der Waals surface area (Å²) in [7, 11) is 4.05. The van der Waals surface area contributed by atoms with E-state index in [1.807, 2.05) is 62.6 Å². The highest BCUT2D eigenvalue weighted by Gasteiger charge is 2.35. The van der Waals surface area contributed by atoms with Gasteiger partial charge >= 0.3 is 5.97 Å². The Bertz CT molecular complexity index is 2150. The van der Waals surface area contributed by atoms with Gasteiger partial charge in [-0.2, -0.15) is 0 Å². The number of rotatable bonds is 8. The van der Waals surface area contributed by atoms with Gasteiger partial charge in [0.2, 0.25) is 0 Å². The molecule has 5 aromatic rings. The van der Waals surface area contributed by atoms with Crippen molar-refractivity contribution in [2.45, 2.75) is 46.6 Å². The number of anilines is 1. The van der Waals surface area contributed by atoms with Crippen molar-refractivity contribution < 1.29 is 9.53 Å². The zero-order valence-electron chi connectivity index (χ0n) is 27.9. The Kier molecular flexibility index (Phi) is 8.88. The Morgan fingerprint density at radius 3 is 2.30 bits per heavy atom. The maximum atomic E-state index is 14.4. The SMILES string of the molecule is CCOC(=O)C1=C(c2ccccc2)N=c2s/c(=C/c3cc(C)n(-c4ccc(N(C)C)cc4)c3C)c(=O)n2[C@@H]1c1ccc(C(C)C)cc1. The average Bonchev–Trinajstić information content (AvgIpc) is 3.53. The Hall–Kier alpha value is -4.95. The molecule has 3 heterocycles. The molecule has 1 aliphatic heterocycles. The minimum absolute atomic E-state index is 0.194. The van der Waals surface area contributed by atoms with Gasteiger partial charge in [0.1, 0.15) is 0 Å². The van der Waals surface area contributed by atoms with Gasteiger partial charge in [-0.05, 0) is 79.8 Å². The molecule has 3 aromatic carbocycles. The smallest absolute Gasteiger partial charge is 0.338 e. The first-order valence-corrected chi connectivity index (χ1v) is 16.8. The van der Waals surface area contributed by atoms with Crippen molar-refractivity contribution in [3.63, 3.8) is 0 Å². The van der Waals surface area contributed by atoms with E-state index in [4.69, 9.17) is 9.73 Å². The lowest BCUT2D eigenvalue weighted by Crippen LogP contribution is -2.40. The molecule has 0 spiro atoms. The first kappa shape index (κ1) is 32.0. The molecule has 6 rings (SSSR count). The molecule has 1 aliphatic rings. The molecule has 8 heteroatoms. The lowest BCUT2D eigenvalue weighted by molar-refractivity contribution is -0.138. The highest BCUT2D eigenvalue weighted by atomic mass is 32.1. The summed E-state index contributed by atoms with van der Waals surface area (Å²) in [5.41, 5.74) is 8.72. The summed E-state index contributed by atoms with van der Waals surface area (Å²) in [5, 5.41) is 0. The van der Waals surface area contributed by atoms with Crippen LogP contribution in [0.3, 0.4) is 0 Å². The molecule has 47 heavy (non-hydrogen) atoms. The van der Waals surface area contributed by atoms with Crippen molar-refractivity contribution in [3.8, 4) is 5.69 Å². The molecule has 0 amide bonds. The summed E-state index contributed by atoms with van der Waals surface area (Å²) in [6.45, 7) is 10.4. The summed E-state index contributed by atoms with van der Waals surface area (Å²) in [4.78, 5) is 35.8. The zero-order chi connectivity index (χ0) is 33.4. The van der Waals surface area contributed by atoms with E-state index in [-0.39, 0.29) is 12.2 Å². The predicted octanol–water partition coefficient (Wildman–Crippen LogP) is 6.53. The van der Waals surface area contributed by atoms with E-state index in [0.717, 1.165) is 39.5 Å². The second-order valence-electron chi connectivity index (χ2n) is 12.3. The van der Waals surface area contributed by atoms with Crippen LogP contribution in [0.2, 0.25) is 0 Å². The van der Waals surface area contributed by atoms with Crippen LogP contribution in [0.4, 0.5) is 5.69 Å². The standard InChI is InChI=1S/C39H40N4O3S/c1-8-46-38(45)34-35(28-12-10-9-11-13-28)40-39-43(36(34)29-16-14-27(15-17-29)24(2)3)37(44)33(47-39)23-30-22-25(4)42(26(30)5)32-20-18-31(19-21-32)41(6)7/h9-24,36H,8H2,1-7H3/b33-23+/t36-/m1/s1. The summed E-state index contributed by atoms with van der Waals surface area (Å²) in [6.07, 6.45) is 1.95. The van der Waals surface area contributed by atoms with Crippen LogP contribution < -0.4 is 19.8 Å². The highest BCUT2D eigenvalue weighted by molar-refractivity contribution is 7.07. The van der Waals surface area contributed by atoms with Gasteiger partial charge in [0, 0.05) is 42.4 Å². The summed E-state index contributed by atoms with van der Waals surface area (Å²) < 4.78 is 10.0. The Labute approximate surface area is 279 Å². The van der Waals surface area contributed by atoms with Crippen LogP contribution in [0.25, 0.3) is 17.5 Å². The van der Waals surface area contributed by atoms with E-state index in [2.05, 4.69) is 79.6 Å². The average molecular weight is 645 g/mol. The maximum Gasteiger partial charge on any atom is 0.338 e. The molecule has 0 radical (unpaired) electrons. The Morgan fingerprint density at radius 1 is 1.00 bits per heavy atom. The lowest BCUT2D eigenvalue weighted by Gasteiger charge is -2.26. The molecule has 0 saturated heterocycles. The minimum Gasteiger partial charge on any atom is -0.463 e. The number of aromatic nitrogens is 2. The number of hydrogen-bond donors (Lipinski definition) is 0. The Morgan fingerprint density at radius 2 is 1.68 bits per heavy atom. The number of carbonyl (C=O) groups is 1. The van der Waals surface area contributed by atoms with Gasteiger partial charge in [-0.3, -0.25) is 9.36 Å². The first-order valence-electron chi connectivity index (χ1n) is 15.9. The van der Waals surface area contributed by atoms with Gasteiger partial charge in [0.15, 0.2) is 4.80 Å². The van der Waals surface area contributed by atoms with Crippen molar-refractivity contribution in [2.24, 2.45) is 4.99 Å². The topological polar surface area (TPSA) is 68.8 Å². The van der Waals surface area contributed by atoms with E-state index >= 15 is 0 Å². The molecule has 0 unspecified atom stereocenters. The van der Waals surface area contributed by atoms with E-state index in [1.54, 1.807) is 11.5 Å². The van der Waals surface area contributed by atoms with Crippen molar-refractivity contribution in [1.82, 2.24) is 9.13 Å². The van der Waals surface area contributed by atoms with E-state index in [0.29, 0.717) is 26.5 Å². The first-order chi connectivity index (χ1) is 22.6. The van der Waals surface area contributed by atoms with Crippen molar-refractivity contribution >= 4 is 34.8 Å². The molecular formula is C39H40N4O3S. The fourth-order valence-electron chi connectivity index (χ4n) is 6.19. The number of carbonyl (C=O) groups excluding carboxylic acids is 1. The predicted molar refractivity (Wildman–Crippen MR) is 191 cm³/mol. The quantitative estimate of drug-likeness (QED) is 0.180. The highest BCUT2D eigenvalue weighted by Crippen LogP contribution is 2.35. The fraction of sp³-hybridized carbons (Fsp3) is 0.256. The van der Waals surface area contributed by atoms with E-state index < -0.39 is 12.0 Å². The van der Waals surface area contributed by atoms with Gasteiger partial charge in [-0.25, -0.2) is 9.79 Å². The summed E-state index contributed by atoms with van der Waals surface area (Å²) >= 11 is 1.34. The van der Waals surface area contributed by atoms with Crippen molar-refractivity contribution in [3.05, 3.63) is 144 Å². The van der Waals surface area contributed by atoms with Crippen LogP contribution in [0.1, 0.15) is 66.4 Å². The molecule has 1 atom stereocenters. The molecular weight excluding hydrogens is 605 g/mol. The monoisotopic (exact) mass is 644 g/mol. The number of hydrogen-bond acceptors (Lipinski definition) is 6. The summed E-state index contributed by atoms with van der Waals surface area (Å²) in [6, 6.07) is 27.6. The van der Waals surface area contributed by atoms with Gasteiger partial charge in [-0.15, -0.1) is 0 Å². The number of fused-ring (bicyclic) bond motifs is 1. The van der Waals surface area contributed by atoms with E-state index in [1.165, 1.54) is 16.9 Å². The second kappa shape index (κ2) is 13.0. The summed E-state index contributed by atoms with van der Waals surface area (Å²) in [5.74, 6) is -0.137. The van der Waals surface area contributed by atoms with Crippen molar-refractivity contribution in [2.75, 3.05) is 25.6 Å². The van der Waals surface area contributed by atoms with Crippen LogP contribution in [0.5, 0.6) is 0 Å². The zero-order valence-corrected chi connectivity index (χ0v) is 28.8. The number of ether oxygens (including phenoxy) is 1. The molecule has 0 bridgehead atoms. The van der Waals surface area contributed by atoms with E-state index in [9.17, 15) is 9.59 Å². The maximum absolute atomic E-state index is 14.4.